The number of hydrogen-bond acceptors (Lipinski definition) is 3. The Hall–Kier alpha value is -2.04. The maximum Gasteiger partial charge on any atom is 0.335 e. The molecule has 0 radical (unpaired) electrons. The van der Waals surface area contributed by atoms with E-state index in [9.17, 15) is 9.59 Å². The third-order valence-electron chi connectivity index (χ3n) is 3.07. The maximum absolute atomic E-state index is 11.6. The second-order valence-corrected chi connectivity index (χ2v) is 3.98. The summed E-state index contributed by atoms with van der Waals surface area (Å²) in [4.78, 5) is 26.2. The molecule has 1 aromatic rings. The van der Waals surface area contributed by atoms with E-state index in [1.54, 1.807) is 23.1 Å². The van der Waals surface area contributed by atoms with Gasteiger partial charge in [-0.05, 0) is 18.2 Å². The molecule has 1 fully saturated rings. The number of amides is 1. The molecule has 0 spiro atoms. The molecule has 1 aromatic carbocycles. The SMILES string of the molecule is O=C(O)c1ccc2c(c1)N1CCN2CC1=O. The zero-order valence-corrected chi connectivity index (χ0v) is 8.51. The van der Waals surface area contributed by atoms with Crippen LogP contribution in [0.3, 0.4) is 0 Å². The molecule has 3 aliphatic heterocycles. The second-order valence-electron chi connectivity index (χ2n) is 3.98. The number of piperazine rings is 1. The van der Waals surface area contributed by atoms with Crippen molar-refractivity contribution in [1.29, 1.82) is 0 Å². The van der Waals surface area contributed by atoms with Crippen LogP contribution in [0, 0.1) is 0 Å². The lowest BCUT2D eigenvalue weighted by Crippen LogP contribution is -2.55. The molecule has 0 unspecified atom stereocenters. The number of anilines is 2. The van der Waals surface area contributed by atoms with Crippen LogP contribution in [-0.2, 0) is 4.79 Å². The number of carboxylic acid groups (broad SMARTS) is 1. The van der Waals surface area contributed by atoms with E-state index in [0.717, 1.165) is 17.9 Å². The van der Waals surface area contributed by atoms with E-state index in [4.69, 9.17) is 5.11 Å². The van der Waals surface area contributed by atoms with E-state index < -0.39 is 5.97 Å². The van der Waals surface area contributed by atoms with Crippen LogP contribution in [0.25, 0.3) is 0 Å². The minimum atomic E-state index is -0.965. The Labute approximate surface area is 91.9 Å². The topological polar surface area (TPSA) is 60.9 Å². The first kappa shape index (κ1) is 9.21. The fourth-order valence-corrected chi connectivity index (χ4v) is 2.27. The number of carbonyl (C=O) groups is 2. The van der Waals surface area contributed by atoms with Crippen LogP contribution < -0.4 is 9.80 Å². The number of hydrogen-bond donors (Lipinski definition) is 1. The Morgan fingerprint density at radius 2 is 2.06 bits per heavy atom. The van der Waals surface area contributed by atoms with Crippen LogP contribution >= 0.6 is 0 Å². The molecular weight excluding hydrogens is 208 g/mol. The van der Waals surface area contributed by atoms with Gasteiger partial charge in [0, 0.05) is 13.1 Å². The van der Waals surface area contributed by atoms with Gasteiger partial charge in [-0.3, -0.25) is 4.79 Å². The van der Waals surface area contributed by atoms with E-state index in [1.807, 2.05) is 4.90 Å². The van der Waals surface area contributed by atoms with Crippen molar-refractivity contribution in [2.24, 2.45) is 0 Å². The predicted octanol–water partition coefficient (Wildman–Crippen LogP) is 0.551. The van der Waals surface area contributed by atoms with Crippen molar-refractivity contribution in [3.63, 3.8) is 0 Å². The predicted molar refractivity (Wildman–Crippen MR) is 58.0 cm³/mol. The van der Waals surface area contributed by atoms with Gasteiger partial charge >= 0.3 is 5.97 Å². The number of nitrogens with zero attached hydrogens (tertiary/aromatic N) is 2. The fraction of sp³-hybridized carbons (Fsp3) is 0.273. The molecule has 4 rings (SSSR count). The van der Waals surface area contributed by atoms with Gasteiger partial charge in [-0.1, -0.05) is 0 Å². The van der Waals surface area contributed by atoms with Gasteiger partial charge in [0.25, 0.3) is 0 Å². The van der Waals surface area contributed by atoms with Crippen LogP contribution in [0.4, 0.5) is 11.4 Å². The Bertz CT molecular complexity index is 498. The highest BCUT2D eigenvalue weighted by Crippen LogP contribution is 2.37. The summed E-state index contributed by atoms with van der Waals surface area (Å²) in [5.41, 5.74) is 1.90. The summed E-state index contributed by atoms with van der Waals surface area (Å²) in [5, 5.41) is 8.91. The number of carbonyl (C=O) groups excluding carboxylic acids is 1. The molecule has 0 saturated carbocycles. The van der Waals surface area contributed by atoms with Gasteiger partial charge in [0.2, 0.25) is 5.91 Å². The molecule has 1 saturated heterocycles. The Balaban J connectivity index is 2.15. The first-order chi connectivity index (χ1) is 7.66. The molecule has 5 heteroatoms. The lowest BCUT2D eigenvalue weighted by molar-refractivity contribution is -0.118. The van der Waals surface area contributed by atoms with Crippen molar-refractivity contribution in [3.05, 3.63) is 23.8 Å². The molecular formula is C11H10N2O3. The Morgan fingerprint density at radius 1 is 1.25 bits per heavy atom. The third-order valence-corrected chi connectivity index (χ3v) is 3.07. The molecule has 1 N–H and O–H groups in total. The minimum absolute atomic E-state index is 0.0429. The first-order valence-electron chi connectivity index (χ1n) is 5.09. The molecule has 16 heavy (non-hydrogen) atoms. The standard InChI is InChI=1S/C11H10N2O3/c14-10-6-12-3-4-13(10)9-5-7(11(15)16)1-2-8(9)12/h1-2,5H,3-4,6H2,(H,15,16). The largest absolute Gasteiger partial charge is 0.478 e. The molecule has 82 valence electrons. The normalized spacial score (nSPS) is 17.6. The highest BCUT2D eigenvalue weighted by atomic mass is 16.4. The van der Waals surface area contributed by atoms with Gasteiger partial charge in [-0.15, -0.1) is 0 Å². The van der Waals surface area contributed by atoms with Crippen molar-refractivity contribution < 1.29 is 14.7 Å². The van der Waals surface area contributed by atoms with Crippen molar-refractivity contribution in [2.45, 2.75) is 0 Å². The average molecular weight is 218 g/mol. The second kappa shape index (κ2) is 2.98. The van der Waals surface area contributed by atoms with Crippen LogP contribution in [0.15, 0.2) is 18.2 Å². The van der Waals surface area contributed by atoms with E-state index in [1.165, 1.54) is 0 Å². The van der Waals surface area contributed by atoms with Crippen molar-refractivity contribution in [3.8, 4) is 0 Å². The number of benzene rings is 1. The van der Waals surface area contributed by atoms with Crippen LogP contribution in [0.5, 0.6) is 0 Å². The average Bonchev–Trinajstić information content (AvgIpc) is 2.29. The fourth-order valence-electron chi connectivity index (χ4n) is 2.27. The minimum Gasteiger partial charge on any atom is -0.478 e. The molecule has 0 aliphatic carbocycles. The monoisotopic (exact) mass is 218 g/mol. The van der Waals surface area contributed by atoms with Gasteiger partial charge in [0.05, 0.1) is 23.5 Å². The van der Waals surface area contributed by atoms with Crippen molar-refractivity contribution in [1.82, 2.24) is 0 Å². The molecule has 3 heterocycles. The summed E-state index contributed by atoms with van der Waals surface area (Å²) in [7, 11) is 0. The maximum atomic E-state index is 11.6. The van der Waals surface area contributed by atoms with Crippen LogP contribution in [0.2, 0.25) is 0 Å². The summed E-state index contributed by atoms with van der Waals surface area (Å²) in [5.74, 6) is -0.922. The number of aromatic carboxylic acids is 1. The van der Waals surface area contributed by atoms with Gasteiger partial charge in [-0.2, -0.15) is 0 Å². The summed E-state index contributed by atoms with van der Waals surface area (Å²) in [6, 6.07) is 4.92. The highest BCUT2D eigenvalue weighted by Gasteiger charge is 2.34. The number of rotatable bonds is 1. The van der Waals surface area contributed by atoms with E-state index in [-0.39, 0.29) is 11.5 Å². The summed E-state index contributed by atoms with van der Waals surface area (Å²) in [6.45, 7) is 1.87. The van der Waals surface area contributed by atoms with Crippen LogP contribution in [0.1, 0.15) is 10.4 Å². The van der Waals surface area contributed by atoms with Crippen LogP contribution in [-0.4, -0.2) is 36.6 Å². The smallest absolute Gasteiger partial charge is 0.335 e. The van der Waals surface area contributed by atoms with E-state index in [2.05, 4.69) is 0 Å². The van der Waals surface area contributed by atoms with Crippen molar-refractivity contribution in [2.75, 3.05) is 29.4 Å². The molecule has 5 nitrogen and oxygen atoms in total. The number of fused-ring (bicyclic) bond motifs is 2. The lowest BCUT2D eigenvalue weighted by atomic mass is 10.1. The zero-order chi connectivity index (χ0) is 11.3. The van der Waals surface area contributed by atoms with E-state index in [0.29, 0.717) is 13.1 Å². The first-order valence-corrected chi connectivity index (χ1v) is 5.09. The summed E-state index contributed by atoms with van der Waals surface area (Å²) >= 11 is 0. The third kappa shape index (κ3) is 1.11. The molecule has 0 atom stereocenters. The summed E-state index contributed by atoms with van der Waals surface area (Å²) in [6.07, 6.45) is 0. The molecule has 3 aliphatic rings. The highest BCUT2D eigenvalue weighted by molar-refractivity contribution is 6.06. The lowest BCUT2D eigenvalue weighted by Gasteiger charge is -2.43. The van der Waals surface area contributed by atoms with Gasteiger partial charge in [-0.25, -0.2) is 4.79 Å². The number of carboxylic acids is 1. The Morgan fingerprint density at radius 3 is 2.75 bits per heavy atom. The van der Waals surface area contributed by atoms with Gasteiger partial charge < -0.3 is 14.9 Å². The zero-order valence-electron chi connectivity index (χ0n) is 8.51. The van der Waals surface area contributed by atoms with E-state index >= 15 is 0 Å². The molecule has 0 aromatic heterocycles. The summed E-state index contributed by atoms with van der Waals surface area (Å²) < 4.78 is 0. The Kier molecular flexibility index (Phi) is 1.71. The molecule has 2 bridgehead atoms. The van der Waals surface area contributed by atoms with Gasteiger partial charge in [0.15, 0.2) is 0 Å². The quantitative estimate of drug-likeness (QED) is 0.747. The van der Waals surface area contributed by atoms with Gasteiger partial charge in [0.1, 0.15) is 0 Å². The molecule has 1 amide bonds. The van der Waals surface area contributed by atoms with Crippen molar-refractivity contribution >= 4 is 23.3 Å².